The summed E-state index contributed by atoms with van der Waals surface area (Å²) in [6, 6.07) is 0. The Labute approximate surface area is 113 Å². The minimum atomic E-state index is -4.04. The van der Waals surface area contributed by atoms with Crippen LogP contribution in [0, 0.1) is 5.92 Å². The highest BCUT2D eigenvalue weighted by Crippen LogP contribution is 2.34. The van der Waals surface area contributed by atoms with Gasteiger partial charge in [0.15, 0.2) is 0 Å². The molecule has 1 heterocycles. The Morgan fingerprint density at radius 2 is 1.79 bits per heavy atom. The summed E-state index contributed by atoms with van der Waals surface area (Å²) in [5.74, 6) is -1.14. The zero-order valence-electron chi connectivity index (χ0n) is 11.5. The predicted octanol–water partition coefficient (Wildman–Crippen LogP) is 3.31. The minimum absolute atomic E-state index is 0.122. The molecule has 0 radical (unpaired) electrons. The molecule has 1 aliphatic heterocycles. The van der Waals surface area contributed by atoms with Crippen molar-refractivity contribution in [3.8, 4) is 0 Å². The number of nitrogens with zero attached hydrogens (tertiary/aromatic N) is 1. The maximum Gasteiger partial charge on any atom is 0.393 e. The maximum absolute atomic E-state index is 12.7. The lowest BCUT2D eigenvalue weighted by atomic mass is 9.80. The van der Waals surface area contributed by atoms with Crippen molar-refractivity contribution in [3.63, 3.8) is 0 Å². The average molecular weight is 278 g/mol. The van der Waals surface area contributed by atoms with Crippen LogP contribution < -0.4 is 5.73 Å². The quantitative estimate of drug-likeness (QED) is 0.858. The first kappa shape index (κ1) is 15.1. The summed E-state index contributed by atoms with van der Waals surface area (Å²) in [4.78, 5) is 1.96. The monoisotopic (exact) mass is 278 g/mol. The van der Waals surface area contributed by atoms with Crippen molar-refractivity contribution in [2.24, 2.45) is 11.7 Å². The van der Waals surface area contributed by atoms with Gasteiger partial charge in [-0.05, 0) is 45.2 Å². The second-order valence-corrected chi connectivity index (χ2v) is 6.35. The zero-order valence-corrected chi connectivity index (χ0v) is 11.5. The molecule has 19 heavy (non-hydrogen) atoms. The summed E-state index contributed by atoms with van der Waals surface area (Å²) in [6.45, 7) is 1.69. The van der Waals surface area contributed by atoms with E-state index < -0.39 is 12.1 Å². The number of halogens is 3. The molecule has 112 valence electrons. The summed E-state index contributed by atoms with van der Waals surface area (Å²) >= 11 is 0. The van der Waals surface area contributed by atoms with Gasteiger partial charge in [-0.1, -0.05) is 19.3 Å². The smallest absolute Gasteiger partial charge is 0.325 e. The van der Waals surface area contributed by atoms with Crippen LogP contribution in [0.25, 0.3) is 0 Å². The van der Waals surface area contributed by atoms with Crippen LogP contribution in [-0.2, 0) is 0 Å². The van der Waals surface area contributed by atoms with Crippen molar-refractivity contribution in [2.75, 3.05) is 19.6 Å². The Kier molecular flexibility index (Phi) is 4.77. The number of piperidine rings is 1. The molecule has 0 spiro atoms. The second-order valence-electron chi connectivity index (χ2n) is 6.35. The predicted molar refractivity (Wildman–Crippen MR) is 69.8 cm³/mol. The van der Waals surface area contributed by atoms with Crippen molar-refractivity contribution >= 4 is 0 Å². The SMILES string of the molecule is NC1(CCN2CCCC(C(F)(F)F)C2)CCCCC1. The molecule has 2 nitrogen and oxygen atoms in total. The summed E-state index contributed by atoms with van der Waals surface area (Å²) < 4.78 is 38.2. The van der Waals surface area contributed by atoms with Crippen LogP contribution in [0.4, 0.5) is 13.2 Å². The molecular formula is C14H25F3N2. The molecule has 1 saturated heterocycles. The molecular weight excluding hydrogens is 253 g/mol. The number of rotatable bonds is 3. The summed E-state index contributed by atoms with van der Waals surface area (Å²) in [5.41, 5.74) is 6.23. The van der Waals surface area contributed by atoms with Gasteiger partial charge in [-0.25, -0.2) is 0 Å². The van der Waals surface area contributed by atoms with Crippen molar-refractivity contribution in [3.05, 3.63) is 0 Å². The highest BCUT2D eigenvalue weighted by atomic mass is 19.4. The molecule has 2 N–H and O–H groups in total. The van der Waals surface area contributed by atoms with E-state index in [0.29, 0.717) is 6.42 Å². The molecule has 0 amide bonds. The van der Waals surface area contributed by atoms with Crippen LogP contribution in [0.15, 0.2) is 0 Å². The van der Waals surface area contributed by atoms with E-state index in [2.05, 4.69) is 0 Å². The lowest BCUT2D eigenvalue weighted by Crippen LogP contribution is -2.47. The molecule has 5 heteroatoms. The van der Waals surface area contributed by atoms with Crippen molar-refractivity contribution in [1.82, 2.24) is 4.90 Å². The summed E-state index contributed by atoms with van der Waals surface area (Å²) in [5, 5.41) is 0. The maximum atomic E-state index is 12.7. The van der Waals surface area contributed by atoms with Gasteiger partial charge in [-0.2, -0.15) is 13.2 Å². The largest absolute Gasteiger partial charge is 0.393 e. The Balaban J connectivity index is 1.79. The molecule has 1 atom stereocenters. The van der Waals surface area contributed by atoms with Crippen LogP contribution in [-0.4, -0.2) is 36.2 Å². The van der Waals surface area contributed by atoms with Gasteiger partial charge in [-0.3, -0.25) is 0 Å². The number of hydrogen-bond acceptors (Lipinski definition) is 2. The molecule has 0 aromatic carbocycles. The van der Waals surface area contributed by atoms with Gasteiger partial charge >= 0.3 is 6.18 Å². The third-order valence-electron chi connectivity index (χ3n) is 4.74. The number of nitrogens with two attached hydrogens (primary N) is 1. The van der Waals surface area contributed by atoms with Gasteiger partial charge in [-0.15, -0.1) is 0 Å². The molecule has 0 bridgehead atoms. The van der Waals surface area contributed by atoms with E-state index in [1.54, 1.807) is 0 Å². The van der Waals surface area contributed by atoms with E-state index in [-0.39, 0.29) is 18.5 Å². The molecule has 1 aliphatic carbocycles. The highest BCUT2D eigenvalue weighted by molar-refractivity contribution is 4.89. The van der Waals surface area contributed by atoms with Gasteiger partial charge in [0.05, 0.1) is 5.92 Å². The van der Waals surface area contributed by atoms with Crippen LogP contribution in [0.2, 0.25) is 0 Å². The lowest BCUT2D eigenvalue weighted by Gasteiger charge is -2.38. The topological polar surface area (TPSA) is 29.3 Å². The Morgan fingerprint density at radius 3 is 2.42 bits per heavy atom. The third kappa shape index (κ3) is 4.35. The lowest BCUT2D eigenvalue weighted by molar-refractivity contribution is -0.186. The molecule has 0 aromatic rings. The number of likely N-dealkylation sites (tertiary alicyclic amines) is 1. The van der Waals surface area contributed by atoms with E-state index >= 15 is 0 Å². The molecule has 2 fully saturated rings. The zero-order chi connectivity index (χ0) is 13.9. The molecule has 2 aliphatic rings. The summed E-state index contributed by atoms with van der Waals surface area (Å²) in [6.07, 6.45) is 3.40. The van der Waals surface area contributed by atoms with Crippen molar-refractivity contribution in [1.29, 1.82) is 0 Å². The van der Waals surface area contributed by atoms with E-state index in [1.807, 2.05) is 4.90 Å². The van der Waals surface area contributed by atoms with Crippen LogP contribution in [0.5, 0.6) is 0 Å². The van der Waals surface area contributed by atoms with Gasteiger partial charge in [0.2, 0.25) is 0 Å². The fourth-order valence-electron chi connectivity index (χ4n) is 3.41. The minimum Gasteiger partial charge on any atom is -0.325 e. The number of hydrogen-bond donors (Lipinski definition) is 1. The van der Waals surface area contributed by atoms with E-state index in [9.17, 15) is 13.2 Å². The first-order chi connectivity index (χ1) is 8.89. The Morgan fingerprint density at radius 1 is 1.11 bits per heavy atom. The Bertz CT molecular complexity index is 285. The normalized spacial score (nSPS) is 29.4. The van der Waals surface area contributed by atoms with Gasteiger partial charge in [0.1, 0.15) is 0 Å². The Hall–Kier alpha value is -0.290. The van der Waals surface area contributed by atoms with Gasteiger partial charge in [0.25, 0.3) is 0 Å². The highest BCUT2D eigenvalue weighted by Gasteiger charge is 2.41. The number of alkyl halides is 3. The second kappa shape index (κ2) is 6.00. The molecule has 0 aromatic heterocycles. The molecule has 2 rings (SSSR count). The molecule has 1 unspecified atom stereocenters. The average Bonchev–Trinajstić information content (AvgIpc) is 2.37. The van der Waals surface area contributed by atoms with Crippen molar-refractivity contribution < 1.29 is 13.2 Å². The van der Waals surface area contributed by atoms with Crippen LogP contribution in [0.1, 0.15) is 51.4 Å². The fourth-order valence-corrected chi connectivity index (χ4v) is 3.41. The summed E-state index contributed by atoms with van der Waals surface area (Å²) in [7, 11) is 0. The van der Waals surface area contributed by atoms with E-state index in [4.69, 9.17) is 5.73 Å². The van der Waals surface area contributed by atoms with Crippen LogP contribution in [0.3, 0.4) is 0 Å². The van der Waals surface area contributed by atoms with Crippen molar-refractivity contribution in [2.45, 2.75) is 63.1 Å². The van der Waals surface area contributed by atoms with E-state index in [1.165, 1.54) is 19.3 Å². The molecule has 1 saturated carbocycles. The van der Waals surface area contributed by atoms with Gasteiger partial charge in [0, 0.05) is 12.1 Å². The first-order valence-electron chi connectivity index (χ1n) is 7.47. The van der Waals surface area contributed by atoms with Gasteiger partial charge < -0.3 is 10.6 Å². The first-order valence-corrected chi connectivity index (χ1v) is 7.47. The van der Waals surface area contributed by atoms with Crippen LogP contribution >= 0.6 is 0 Å². The van der Waals surface area contributed by atoms with E-state index in [0.717, 1.165) is 32.4 Å². The fraction of sp³-hybridized carbons (Fsp3) is 1.00. The third-order valence-corrected chi connectivity index (χ3v) is 4.74. The standard InChI is InChI=1S/C14H25F3N2/c15-14(16,17)12-5-4-9-19(11-12)10-8-13(18)6-2-1-3-7-13/h12H,1-11,18H2.